The van der Waals surface area contributed by atoms with E-state index >= 15 is 0 Å². The minimum Gasteiger partial charge on any atom is -0.489 e. The van der Waals surface area contributed by atoms with Crippen molar-refractivity contribution in [2.75, 3.05) is 6.61 Å². The molecule has 0 saturated heterocycles. The van der Waals surface area contributed by atoms with Crippen LogP contribution in [0.4, 0.5) is 4.39 Å². The topological polar surface area (TPSA) is 41.5 Å². The molecule has 126 valence electrons. The van der Waals surface area contributed by atoms with Crippen LogP contribution in [-0.2, 0) is 13.2 Å². The van der Waals surface area contributed by atoms with Crippen LogP contribution in [0.15, 0.2) is 48.5 Å². The van der Waals surface area contributed by atoms with Crippen LogP contribution in [-0.4, -0.2) is 17.8 Å². The summed E-state index contributed by atoms with van der Waals surface area (Å²) in [6, 6.07) is 14.4. The molecule has 0 aliphatic heterocycles. The van der Waals surface area contributed by atoms with Gasteiger partial charge in [0.2, 0.25) is 0 Å². The van der Waals surface area contributed by atoms with Gasteiger partial charge in [0, 0.05) is 18.2 Å². The molecule has 3 nitrogen and oxygen atoms in total. The van der Waals surface area contributed by atoms with Gasteiger partial charge in [-0.2, -0.15) is 0 Å². The second-order valence-corrected chi connectivity index (χ2v) is 5.20. The molecule has 5 heteroatoms. The van der Waals surface area contributed by atoms with E-state index in [1.165, 1.54) is 6.07 Å². The number of hydrogen-bond acceptors (Lipinski definition) is 3. The van der Waals surface area contributed by atoms with Crippen LogP contribution < -0.4 is 10.1 Å². The first-order valence-corrected chi connectivity index (χ1v) is 7.52. The Kier molecular flexibility index (Phi) is 8.62. The Morgan fingerprint density at radius 3 is 2.65 bits per heavy atom. The quantitative estimate of drug-likeness (QED) is 0.770. The molecule has 1 atom stereocenters. The number of benzene rings is 2. The van der Waals surface area contributed by atoms with Gasteiger partial charge in [-0.15, -0.1) is 12.4 Å². The zero-order valence-electron chi connectivity index (χ0n) is 13.2. The lowest BCUT2D eigenvalue weighted by molar-refractivity contribution is 0.238. The van der Waals surface area contributed by atoms with E-state index in [4.69, 9.17) is 4.74 Å². The van der Waals surface area contributed by atoms with Crippen LogP contribution in [0.3, 0.4) is 0 Å². The molecule has 0 fully saturated rings. The van der Waals surface area contributed by atoms with E-state index in [2.05, 4.69) is 5.32 Å². The van der Waals surface area contributed by atoms with Crippen molar-refractivity contribution in [3.8, 4) is 5.75 Å². The summed E-state index contributed by atoms with van der Waals surface area (Å²) in [6.07, 6.45) is 0.875. The molecule has 23 heavy (non-hydrogen) atoms. The standard InChI is InChI=1S/C18H22FNO2.ClH/c1-2-16(12-21)20-11-14-6-5-8-17(10-14)22-13-15-7-3-4-9-18(15)19;/h3-10,16,20-21H,2,11-13H2,1H3;1H. The monoisotopic (exact) mass is 339 g/mol. The molecule has 1 unspecified atom stereocenters. The van der Waals surface area contributed by atoms with E-state index in [1.54, 1.807) is 18.2 Å². The molecule has 2 rings (SSSR count). The Hall–Kier alpha value is -1.62. The molecule has 0 aromatic heterocycles. The summed E-state index contributed by atoms with van der Waals surface area (Å²) in [5, 5.41) is 12.5. The molecule has 2 aromatic rings. The maximum Gasteiger partial charge on any atom is 0.129 e. The first-order chi connectivity index (χ1) is 10.7. The van der Waals surface area contributed by atoms with Gasteiger partial charge in [-0.3, -0.25) is 0 Å². The summed E-state index contributed by atoms with van der Waals surface area (Å²) >= 11 is 0. The summed E-state index contributed by atoms with van der Waals surface area (Å²) in [7, 11) is 0. The Morgan fingerprint density at radius 1 is 1.17 bits per heavy atom. The van der Waals surface area contributed by atoms with E-state index in [1.807, 2.05) is 31.2 Å². The number of halogens is 2. The third-order valence-electron chi connectivity index (χ3n) is 3.56. The molecule has 0 spiro atoms. The fraction of sp³-hybridized carbons (Fsp3) is 0.333. The van der Waals surface area contributed by atoms with Gasteiger partial charge in [-0.1, -0.05) is 37.3 Å². The van der Waals surface area contributed by atoms with Gasteiger partial charge in [0.15, 0.2) is 0 Å². The third kappa shape index (κ3) is 6.18. The fourth-order valence-corrected chi connectivity index (χ4v) is 2.12. The zero-order chi connectivity index (χ0) is 15.8. The van der Waals surface area contributed by atoms with Crippen LogP contribution in [0.1, 0.15) is 24.5 Å². The van der Waals surface area contributed by atoms with Gasteiger partial charge < -0.3 is 15.2 Å². The average molecular weight is 340 g/mol. The molecule has 0 saturated carbocycles. The van der Waals surface area contributed by atoms with E-state index < -0.39 is 0 Å². The summed E-state index contributed by atoms with van der Waals surface area (Å²) in [5.74, 6) is 0.452. The predicted molar refractivity (Wildman–Crippen MR) is 92.4 cm³/mol. The zero-order valence-corrected chi connectivity index (χ0v) is 14.0. The third-order valence-corrected chi connectivity index (χ3v) is 3.56. The molecule has 0 bridgehead atoms. The number of nitrogens with one attached hydrogen (secondary N) is 1. The predicted octanol–water partition coefficient (Wildman–Crippen LogP) is 3.69. The number of ether oxygens (including phenoxy) is 1. The van der Waals surface area contributed by atoms with E-state index in [0.717, 1.165) is 12.0 Å². The second kappa shape index (κ2) is 10.2. The van der Waals surface area contributed by atoms with Gasteiger partial charge in [0.05, 0.1) is 6.61 Å². The van der Waals surface area contributed by atoms with Crippen LogP contribution in [0, 0.1) is 5.82 Å². The molecule has 0 aliphatic rings. The lowest BCUT2D eigenvalue weighted by Crippen LogP contribution is -2.31. The molecule has 0 radical (unpaired) electrons. The highest BCUT2D eigenvalue weighted by molar-refractivity contribution is 5.85. The highest BCUT2D eigenvalue weighted by atomic mass is 35.5. The van der Waals surface area contributed by atoms with Crippen LogP contribution in [0.25, 0.3) is 0 Å². The van der Waals surface area contributed by atoms with Crippen LogP contribution >= 0.6 is 12.4 Å². The average Bonchev–Trinajstić information content (AvgIpc) is 2.55. The maximum atomic E-state index is 13.5. The molecular weight excluding hydrogens is 317 g/mol. The van der Waals surface area contributed by atoms with Crippen molar-refractivity contribution < 1.29 is 14.2 Å². The normalized spacial score (nSPS) is 11.6. The second-order valence-electron chi connectivity index (χ2n) is 5.20. The lowest BCUT2D eigenvalue weighted by atomic mass is 10.2. The van der Waals surface area contributed by atoms with Crippen molar-refractivity contribution in [3.05, 3.63) is 65.5 Å². The van der Waals surface area contributed by atoms with Gasteiger partial charge in [-0.25, -0.2) is 4.39 Å². The van der Waals surface area contributed by atoms with Crippen molar-refractivity contribution in [2.45, 2.75) is 32.5 Å². The van der Waals surface area contributed by atoms with Crippen LogP contribution in [0.2, 0.25) is 0 Å². The summed E-state index contributed by atoms with van der Waals surface area (Å²) in [6.45, 7) is 3.02. The minimum atomic E-state index is -0.256. The largest absolute Gasteiger partial charge is 0.489 e. The van der Waals surface area contributed by atoms with Gasteiger partial charge >= 0.3 is 0 Å². The molecular formula is C18H23ClFNO2. The number of rotatable bonds is 8. The summed E-state index contributed by atoms with van der Waals surface area (Å²) in [5.41, 5.74) is 1.61. The van der Waals surface area contributed by atoms with Gasteiger partial charge in [0.25, 0.3) is 0 Å². The van der Waals surface area contributed by atoms with Gasteiger partial charge in [0.1, 0.15) is 18.2 Å². The van der Waals surface area contributed by atoms with Crippen molar-refractivity contribution in [1.82, 2.24) is 5.32 Å². The Morgan fingerprint density at radius 2 is 1.96 bits per heavy atom. The first kappa shape index (κ1) is 19.4. The summed E-state index contributed by atoms with van der Waals surface area (Å²) in [4.78, 5) is 0. The molecule has 0 heterocycles. The van der Waals surface area contributed by atoms with E-state index in [0.29, 0.717) is 17.9 Å². The van der Waals surface area contributed by atoms with Gasteiger partial charge in [-0.05, 0) is 30.2 Å². The van der Waals surface area contributed by atoms with Crippen molar-refractivity contribution in [3.63, 3.8) is 0 Å². The number of aliphatic hydroxyl groups is 1. The Labute approximate surface area is 142 Å². The molecule has 0 amide bonds. The fourth-order valence-electron chi connectivity index (χ4n) is 2.12. The van der Waals surface area contributed by atoms with Crippen molar-refractivity contribution in [1.29, 1.82) is 0 Å². The van der Waals surface area contributed by atoms with E-state index in [-0.39, 0.29) is 37.5 Å². The SMILES string of the molecule is CCC(CO)NCc1cccc(OCc2ccccc2F)c1.Cl. The molecule has 2 aromatic carbocycles. The maximum absolute atomic E-state index is 13.5. The van der Waals surface area contributed by atoms with Crippen molar-refractivity contribution >= 4 is 12.4 Å². The highest BCUT2D eigenvalue weighted by Crippen LogP contribution is 2.16. The van der Waals surface area contributed by atoms with Crippen LogP contribution in [0.5, 0.6) is 5.75 Å². The number of aliphatic hydroxyl groups excluding tert-OH is 1. The minimum absolute atomic E-state index is 0. The Bertz CT molecular complexity index is 591. The molecule has 0 aliphatic carbocycles. The smallest absolute Gasteiger partial charge is 0.129 e. The Balaban J connectivity index is 0.00000264. The lowest BCUT2D eigenvalue weighted by Gasteiger charge is -2.14. The van der Waals surface area contributed by atoms with Crippen molar-refractivity contribution in [2.24, 2.45) is 0 Å². The highest BCUT2D eigenvalue weighted by Gasteiger charge is 2.05. The summed E-state index contributed by atoms with van der Waals surface area (Å²) < 4.78 is 19.2. The molecule has 2 N–H and O–H groups in total. The number of hydrogen-bond donors (Lipinski definition) is 2. The van der Waals surface area contributed by atoms with E-state index in [9.17, 15) is 9.50 Å². The first-order valence-electron chi connectivity index (χ1n) is 7.52.